The predicted octanol–water partition coefficient (Wildman–Crippen LogP) is 4.54. The topological polar surface area (TPSA) is 23.6 Å². The van der Waals surface area contributed by atoms with Gasteiger partial charge in [0.05, 0.1) is 12.1 Å². The molecule has 0 spiro atoms. The van der Waals surface area contributed by atoms with E-state index in [2.05, 4.69) is 84.6 Å². The van der Waals surface area contributed by atoms with Crippen LogP contribution in [0.4, 0.5) is 4.79 Å². The Labute approximate surface area is 135 Å². The maximum Gasteiger partial charge on any atom is 0.321 e. The molecular formula is C19H30N2O. The molecule has 0 aromatic heterocycles. The summed E-state index contributed by atoms with van der Waals surface area (Å²) < 4.78 is 0. The van der Waals surface area contributed by atoms with Gasteiger partial charge in [-0.15, -0.1) is 0 Å². The van der Waals surface area contributed by atoms with E-state index in [1.165, 1.54) is 11.1 Å². The van der Waals surface area contributed by atoms with E-state index in [1.807, 2.05) is 4.90 Å². The van der Waals surface area contributed by atoms with Gasteiger partial charge in [-0.1, -0.05) is 29.8 Å². The van der Waals surface area contributed by atoms with Gasteiger partial charge in [0.15, 0.2) is 0 Å². The van der Waals surface area contributed by atoms with Crippen molar-refractivity contribution in [2.24, 2.45) is 0 Å². The highest BCUT2D eigenvalue weighted by atomic mass is 16.2. The summed E-state index contributed by atoms with van der Waals surface area (Å²) in [5, 5.41) is 0. The SMILES string of the molecule is Cc1cccc(C2(C)CN(C(C)(C)C)C(=O)N2C(C)(C)C)c1. The van der Waals surface area contributed by atoms with Crippen LogP contribution in [0.2, 0.25) is 0 Å². The van der Waals surface area contributed by atoms with E-state index in [9.17, 15) is 4.79 Å². The fourth-order valence-corrected chi connectivity index (χ4v) is 3.53. The molecule has 2 rings (SSSR count). The van der Waals surface area contributed by atoms with Gasteiger partial charge >= 0.3 is 6.03 Å². The summed E-state index contributed by atoms with van der Waals surface area (Å²) in [6, 6.07) is 8.67. The van der Waals surface area contributed by atoms with E-state index in [0.29, 0.717) is 0 Å². The third-order valence-electron chi connectivity index (χ3n) is 4.50. The molecule has 1 aliphatic rings. The molecule has 1 aromatic rings. The van der Waals surface area contributed by atoms with Gasteiger partial charge in [0.1, 0.15) is 0 Å². The van der Waals surface area contributed by atoms with Gasteiger partial charge in [0.25, 0.3) is 0 Å². The lowest BCUT2D eigenvalue weighted by atomic mass is 9.86. The van der Waals surface area contributed by atoms with Crippen LogP contribution < -0.4 is 0 Å². The van der Waals surface area contributed by atoms with Crippen LogP contribution in [0.5, 0.6) is 0 Å². The molecule has 1 heterocycles. The second-order valence-electron chi connectivity index (χ2n) is 8.69. The van der Waals surface area contributed by atoms with Crippen molar-refractivity contribution >= 4 is 6.03 Å². The standard InChI is InChI=1S/C19H30N2O/c1-14-10-9-11-15(12-14)19(8)13-20(17(2,3)4)16(22)21(19)18(5,6)7/h9-12H,13H2,1-8H3. The molecule has 2 amide bonds. The number of amides is 2. The van der Waals surface area contributed by atoms with Crippen LogP contribution in [0.3, 0.4) is 0 Å². The number of carbonyl (C=O) groups is 1. The monoisotopic (exact) mass is 302 g/mol. The molecule has 3 heteroatoms. The van der Waals surface area contributed by atoms with E-state index in [4.69, 9.17) is 0 Å². The maximum atomic E-state index is 13.1. The summed E-state index contributed by atoms with van der Waals surface area (Å²) in [4.78, 5) is 17.2. The zero-order valence-corrected chi connectivity index (χ0v) is 15.3. The zero-order valence-electron chi connectivity index (χ0n) is 15.3. The predicted molar refractivity (Wildman–Crippen MR) is 92.0 cm³/mol. The molecule has 0 saturated carbocycles. The lowest BCUT2D eigenvalue weighted by Gasteiger charge is -2.43. The molecule has 0 bridgehead atoms. The van der Waals surface area contributed by atoms with Crippen molar-refractivity contribution in [1.82, 2.24) is 9.80 Å². The quantitative estimate of drug-likeness (QED) is 0.747. The average molecular weight is 302 g/mol. The van der Waals surface area contributed by atoms with Gasteiger partial charge in [0.2, 0.25) is 0 Å². The van der Waals surface area contributed by atoms with Gasteiger partial charge in [-0.25, -0.2) is 4.79 Å². The fraction of sp³-hybridized carbons (Fsp3) is 0.632. The fourth-order valence-electron chi connectivity index (χ4n) is 3.53. The van der Waals surface area contributed by atoms with Crippen molar-refractivity contribution in [1.29, 1.82) is 0 Å². The molecule has 1 aromatic carbocycles. The van der Waals surface area contributed by atoms with Crippen molar-refractivity contribution in [3.05, 3.63) is 35.4 Å². The molecule has 0 N–H and O–H groups in total. The molecule has 3 nitrogen and oxygen atoms in total. The Morgan fingerprint density at radius 3 is 2.09 bits per heavy atom. The lowest BCUT2D eigenvalue weighted by molar-refractivity contribution is 0.0876. The summed E-state index contributed by atoms with van der Waals surface area (Å²) in [6.07, 6.45) is 0. The third-order valence-corrected chi connectivity index (χ3v) is 4.50. The van der Waals surface area contributed by atoms with Crippen LogP contribution in [-0.2, 0) is 5.54 Å². The Morgan fingerprint density at radius 1 is 1.05 bits per heavy atom. The van der Waals surface area contributed by atoms with Crippen LogP contribution >= 0.6 is 0 Å². The first-order chi connectivity index (χ1) is 9.87. The minimum Gasteiger partial charge on any atom is -0.317 e. The second-order valence-corrected chi connectivity index (χ2v) is 8.69. The molecule has 1 fully saturated rings. The Kier molecular flexibility index (Phi) is 3.83. The molecule has 22 heavy (non-hydrogen) atoms. The molecule has 1 aliphatic heterocycles. The molecule has 0 radical (unpaired) electrons. The van der Waals surface area contributed by atoms with Crippen LogP contribution in [0.1, 0.15) is 59.6 Å². The van der Waals surface area contributed by atoms with Crippen LogP contribution in [0.15, 0.2) is 24.3 Å². The Bertz CT molecular complexity index is 580. The molecule has 1 saturated heterocycles. The van der Waals surface area contributed by atoms with Gasteiger partial charge in [-0.3, -0.25) is 0 Å². The first kappa shape index (κ1) is 16.9. The normalized spacial score (nSPS) is 23.4. The summed E-state index contributed by atoms with van der Waals surface area (Å²) in [6.45, 7) is 17.7. The second kappa shape index (κ2) is 5.00. The summed E-state index contributed by atoms with van der Waals surface area (Å²) in [7, 11) is 0. The molecular weight excluding hydrogens is 272 g/mol. The van der Waals surface area contributed by atoms with Crippen molar-refractivity contribution in [2.45, 2.75) is 72.0 Å². The number of nitrogens with zero attached hydrogens (tertiary/aromatic N) is 2. The smallest absolute Gasteiger partial charge is 0.317 e. The summed E-state index contributed by atoms with van der Waals surface area (Å²) >= 11 is 0. The first-order valence-electron chi connectivity index (χ1n) is 8.06. The number of carbonyl (C=O) groups excluding carboxylic acids is 1. The highest BCUT2D eigenvalue weighted by Crippen LogP contribution is 2.43. The van der Waals surface area contributed by atoms with Gasteiger partial charge < -0.3 is 9.80 Å². The Hall–Kier alpha value is -1.51. The summed E-state index contributed by atoms with van der Waals surface area (Å²) in [5.41, 5.74) is 1.73. The number of benzene rings is 1. The highest BCUT2D eigenvalue weighted by molar-refractivity contribution is 5.80. The van der Waals surface area contributed by atoms with Crippen LogP contribution in [0.25, 0.3) is 0 Å². The van der Waals surface area contributed by atoms with Crippen molar-refractivity contribution in [2.75, 3.05) is 6.54 Å². The van der Waals surface area contributed by atoms with Crippen LogP contribution in [-0.4, -0.2) is 33.5 Å². The van der Waals surface area contributed by atoms with Crippen molar-refractivity contribution in [3.63, 3.8) is 0 Å². The number of hydrogen-bond donors (Lipinski definition) is 0. The van der Waals surface area contributed by atoms with E-state index in [-0.39, 0.29) is 22.6 Å². The van der Waals surface area contributed by atoms with Gasteiger partial charge in [-0.05, 0) is 61.0 Å². The van der Waals surface area contributed by atoms with Gasteiger partial charge in [0, 0.05) is 11.1 Å². The number of aryl methyl sites for hydroxylation is 1. The van der Waals surface area contributed by atoms with Crippen molar-refractivity contribution < 1.29 is 4.79 Å². The minimum atomic E-state index is -0.311. The maximum absolute atomic E-state index is 13.1. The zero-order chi connectivity index (χ0) is 16.9. The minimum absolute atomic E-state index is 0.129. The Balaban J connectivity index is 2.59. The van der Waals surface area contributed by atoms with E-state index in [0.717, 1.165) is 6.54 Å². The third kappa shape index (κ3) is 2.73. The largest absolute Gasteiger partial charge is 0.321 e. The van der Waals surface area contributed by atoms with Gasteiger partial charge in [-0.2, -0.15) is 0 Å². The van der Waals surface area contributed by atoms with E-state index >= 15 is 0 Å². The number of rotatable bonds is 1. The number of hydrogen-bond acceptors (Lipinski definition) is 1. The van der Waals surface area contributed by atoms with Crippen LogP contribution in [0, 0.1) is 6.92 Å². The van der Waals surface area contributed by atoms with Crippen molar-refractivity contribution in [3.8, 4) is 0 Å². The molecule has 1 unspecified atom stereocenters. The lowest BCUT2D eigenvalue weighted by Crippen LogP contribution is -2.53. The molecule has 122 valence electrons. The Morgan fingerprint density at radius 2 is 1.64 bits per heavy atom. The average Bonchev–Trinajstić information content (AvgIpc) is 2.61. The van der Waals surface area contributed by atoms with E-state index < -0.39 is 0 Å². The molecule has 0 aliphatic carbocycles. The first-order valence-corrected chi connectivity index (χ1v) is 8.06. The molecule has 1 atom stereocenters. The summed E-state index contributed by atoms with van der Waals surface area (Å²) in [5.74, 6) is 0. The van der Waals surface area contributed by atoms with E-state index in [1.54, 1.807) is 0 Å². The highest BCUT2D eigenvalue weighted by Gasteiger charge is 2.54. The number of urea groups is 1.